The Balaban J connectivity index is 1.94. The second kappa shape index (κ2) is 6.11. The molecular weight excluding hydrogens is 334 g/mol. The summed E-state index contributed by atoms with van der Waals surface area (Å²) in [5.74, 6) is 0.0867. The maximum atomic E-state index is 12.8. The minimum Gasteiger partial charge on any atom is -0.371 e. The van der Waals surface area contributed by atoms with E-state index in [4.69, 9.17) is 0 Å². The van der Waals surface area contributed by atoms with E-state index in [1.54, 1.807) is 25.1 Å². The van der Waals surface area contributed by atoms with E-state index in [1.165, 1.54) is 12.8 Å². The highest BCUT2D eigenvalue weighted by atomic mass is 32.2. The molecular formula is C20H29NO3S. The zero-order valence-electron chi connectivity index (χ0n) is 15.8. The van der Waals surface area contributed by atoms with Gasteiger partial charge in [0.2, 0.25) is 0 Å². The first-order valence-corrected chi connectivity index (χ1v) is 10.8. The number of rotatable bonds is 4. The lowest BCUT2D eigenvalue weighted by molar-refractivity contribution is 0.101. The smallest absolute Gasteiger partial charge is 0.178 e. The van der Waals surface area contributed by atoms with Crippen molar-refractivity contribution in [3.05, 3.63) is 23.8 Å². The number of ketones is 1. The molecule has 5 heteroatoms. The lowest BCUT2D eigenvalue weighted by Crippen LogP contribution is -2.35. The summed E-state index contributed by atoms with van der Waals surface area (Å²) in [6, 6.07) is 5.01. The maximum Gasteiger partial charge on any atom is 0.178 e. The predicted octanol–water partition coefficient (Wildman–Crippen LogP) is 4.09. The minimum atomic E-state index is -3.37. The van der Waals surface area contributed by atoms with E-state index in [0.29, 0.717) is 15.9 Å². The van der Waals surface area contributed by atoms with Crippen molar-refractivity contribution >= 4 is 21.3 Å². The number of sulfone groups is 1. The van der Waals surface area contributed by atoms with Gasteiger partial charge in [0.15, 0.2) is 15.6 Å². The van der Waals surface area contributed by atoms with E-state index in [0.717, 1.165) is 31.6 Å². The Morgan fingerprint density at radius 2 is 1.72 bits per heavy atom. The molecule has 1 aliphatic heterocycles. The molecule has 1 saturated heterocycles. The molecule has 1 spiro atoms. The van der Waals surface area contributed by atoms with Crippen molar-refractivity contribution in [2.75, 3.05) is 23.7 Å². The first-order valence-electron chi connectivity index (χ1n) is 9.14. The second-order valence-corrected chi connectivity index (χ2v) is 11.0. The molecule has 1 aromatic rings. The zero-order valence-corrected chi connectivity index (χ0v) is 16.6. The van der Waals surface area contributed by atoms with Crippen LogP contribution in [0.15, 0.2) is 23.1 Å². The average Bonchev–Trinajstić information content (AvgIpc) is 3.24. The summed E-state index contributed by atoms with van der Waals surface area (Å²) in [6.45, 7) is 9.14. The number of anilines is 1. The van der Waals surface area contributed by atoms with Crippen LogP contribution in [0.5, 0.6) is 0 Å². The van der Waals surface area contributed by atoms with Gasteiger partial charge in [0.25, 0.3) is 0 Å². The highest BCUT2D eigenvalue weighted by Gasteiger charge is 2.44. The number of benzene rings is 1. The zero-order chi connectivity index (χ0) is 18.5. The Kier molecular flexibility index (Phi) is 4.51. The molecule has 3 rings (SSSR count). The summed E-state index contributed by atoms with van der Waals surface area (Å²) in [7, 11) is -3.37. The number of hydrogen-bond acceptors (Lipinski definition) is 4. The molecule has 0 unspecified atom stereocenters. The Hall–Kier alpha value is -1.36. The van der Waals surface area contributed by atoms with Gasteiger partial charge in [-0.25, -0.2) is 8.42 Å². The van der Waals surface area contributed by atoms with Crippen LogP contribution in [0.4, 0.5) is 5.69 Å². The van der Waals surface area contributed by atoms with Crippen molar-refractivity contribution in [2.45, 2.75) is 58.3 Å². The van der Waals surface area contributed by atoms with Crippen LogP contribution in [0.3, 0.4) is 0 Å². The summed E-state index contributed by atoms with van der Waals surface area (Å²) in [5, 5.41) is 0. The van der Waals surface area contributed by atoms with Gasteiger partial charge in [-0.2, -0.15) is 0 Å². The normalized spacial score (nSPS) is 19.9. The lowest BCUT2D eigenvalue weighted by atomic mass is 9.93. The van der Waals surface area contributed by atoms with E-state index >= 15 is 0 Å². The van der Waals surface area contributed by atoms with E-state index in [-0.39, 0.29) is 17.0 Å². The molecule has 0 bridgehead atoms. The number of carbonyl (C=O) groups is 1. The fourth-order valence-electron chi connectivity index (χ4n) is 3.82. The summed E-state index contributed by atoms with van der Waals surface area (Å²) in [5.41, 5.74) is 1.66. The quantitative estimate of drug-likeness (QED) is 0.756. The largest absolute Gasteiger partial charge is 0.371 e. The van der Waals surface area contributed by atoms with E-state index in [9.17, 15) is 13.2 Å². The molecule has 1 saturated carbocycles. The van der Waals surface area contributed by atoms with Gasteiger partial charge in [-0.3, -0.25) is 4.79 Å². The van der Waals surface area contributed by atoms with Crippen LogP contribution < -0.4 is 4.90 Å². The van der Waals surface area contributed by atoms with Gasteiger partial charge in [0.1, 0.15) is 0 Å². The molecule has 0 radical (unpaired) electrons. The van der Waals surface area contributed by atoms with Crippen LogP contribution in [0, 0.1) is 10.8 Å². The van der Waals surface area contributed by atoms with Crippen molar-refractivity contribution in [1.29, 1.82) is 0 Å². The van der Waals surface area contributed by atoms with Crippen LogP contribution in [0.2, 0.25) is 0 Å². The molecule has 1 aromatic carbocycles. The van der Waals surface area contributed by atoms with Crippen LogP contribution in [-0.2, 0) is 9.84 Å². The average molecular weight is 364 g/mol. The Morgan fingerprint density at radius 1 is 1.12 bits per heavy atom. The Morgan fingerprint density at radius 3 is 2.20 bits per heavy atom. The third-order valence-electron chi connectivity index (χ3n) is 5.45. The van der Waals surface area contributed by atoms with Gasteiger partial charge in [-0.15, -0.1) is 0 Å². The molecule has 0 amide bonds. The standard InChI is InChI=1S/C20H29NO3S/c1-15(22)17-6-5-16(25(23,24)14-19(2,3)4)13-18(17)21-11-9-20(7-8-20)10-12-21/h5-6,13H,7-12,14H2,1-4H3. The molecule has 0 atom stereocenters. The van der Waals surface area contributed by atoms with E-state index in [2.05, 4.69) is 4.90 Å². The number of nitrogens with zero attached hydrogens (tertiary/aromatic N) is 1. The van der Waals surface area contributed by atoms with Crippen LogP contribution >= 0.6 is 0 Å². The van der Waals surface area contributed by atoms with Crippen molar-refractivity contribution in [3.8, 4) is 0 Å². The number of hydrogen-bond donors (Lipinski definition) is 0. The number of piperidine rings is 1. The second-order valence-electron chi connectivity index (χ2n) is 9.04. The Bertz CT molecular complexity index is 776. The van der Waals surface area contributed by atoms with Crippen molar-refractivity contribution < 1.29 is 13.2 Å². The van der Waals surface area contributed by atoms with Crippen LogP contribution in [0.1, 0.15) is 63.7 Å². The fraction of sp³-hybridized carbons (Fsp3) is 0.650. The third kappa shape index (κ3) is 4.08. The molecule has 4 nitrogen and oxygen atoms in total. The van der Waals surface area contributed by atoms with Gasteiger partial charge in [-0.05, 0) is 61.6 Å². The van der Waals surface area contributed by atoms with Crippen molar-refractivity contribution in [1.82, 2.24) is 0 Å². The van der Waals surface area contributed by atoms with Gasteiger partial charge < -0.3 is 4.90 Å². The maximum absolute atomic E-state index is 12.8. The monoisotopic (exact) mass is 363 g/mol. The van der Waals surface area contributed by atoms with E-state index in [1.807, 2.05) is 20.8 Å². The predicted molar refractivity (Wildman–Crippen MR) is 101 cm³/mol. The lowest BCUT2D eigenvalue weighted by Gasteiger charge is -2.35. The summed E-state index contributed by atoms with van der Waals surface area (Å²) < 4.78 is 25.5. The third-order valence-corrected chi connectivity index (χ3v) is 7.67. The number of Topliss-reactive ketones (excluding diaryl/α,β-unsaturated/α-hetero) is 1. The SMILES string of the molecule is CC(=O)c1ccc(S(=O)(=O)CC(C)(C)C)cc1N1CCC2(CC1)CC2. The molecule has 138 valence electrons. The van der Waals surface area contributed by atoms with Crippen LogP contribution in [0.25, 0.3) is 0 Å². The van der Waals surface area contributed by atoms with Gasteiger partial charge >= 0.3 is 0 Å². The molecule has 2 aliphatic rings. The van der Waals surface area contributed by atoms with Gasteiger partial charge in [0.05, 0.1) is 10.6 Å². The van der Waals surface area contributed by atoms with Gasteiger partial charge in [-0.1, -0.05) is 20.8 Å². The number of carbonyl (C=O) groups excluding carboxylic acids is 1. The first kappa shape index (κ1) is 18.4. The first-order chi connectivity index (χ1) is 11.5. The van der Waals surface area contributed by atoms with Crippen LogP contribution in [-0.4, -0.2) is 33.0 Å². The van der Waals surface area contributed by atoms with E-state index < -0.39 is 9.84 Å². The topological polar surface area (TPSA) is 54.5 Å². The molecule has 0 N–H and O–H groups in total. The molecule has 1 aliphatic carbocycles. The summed E-state index contributed by atoms with van der Waals surface area (Å²) in [4.78, 5) is 14.6. The van der Waals surface area contributed by atoms with Crippen molar-refractivity contribution in [2.24, 2.45) is 10.8 Å². The molecule has 25 heavy (non-hydrogen) atoms. The molecule has 0 aromatic heterocycles. The molecule has 2 fully saturated rings. The highest BCUT2D eigenvalue weighted by molar-refractivity contribution is 7.91. The fourth-order valence-corrected chi connectivity index (χ4v) is 5.69. The Labute approximate surface area is 151 Å². The van der Waals surface area contributed by atoms with Gasteiger partial charge in [0, 0.05) is 24.3 Å². The highest BCUT2D eigenvalue weighted by Crippen LogP contribution is 2.54. The minimum absolute atomic E-state index is 0.0125. The molecule has 1 heterocycles. The summed E-state index contributed by atoms with van der Waals surface area (Å²) >= 11 is 0. The summed E-state index contributed by atoms with van der Waals surface area (Å²) in [6.07, 6.45) is 4.92. The van der Waals surface area contributed by atoms with Crippen molar-refractivity contribution in [3.63, 3.8) is 0 Å².